The fourth-order valence-corrected chi connectivity index (χ4v) is 4.60. The number of carbonyl (C=O) groups is 1. The Morgan fingerprint density at radius 3 is 2.67 bits per heavy atom. The minimum atomic E-state index is -3.62. The van der Waals surface area contributed by atoms with Crippen LogP contribution >= 0.6 is 11.3 Å². The van der Waals surface area contributed by atoms with Gasteiger partial charge in [0, 0.05) is 19.8 Å². The normalized spacial score (nSPS) is 11.9. The van der Waals surface area contributed by atoms with Gasteiger partial charge in [-0.2, -0.15) is 0 Å². The number of anilines is 1. The molecule has 0 aliphatic rings. The number of carbonyl (C=O) groups excluding carboxylic acids is 1. The van der Waals surface area contributed by atoms with Crippen LogP contribution in [0.1, 0.15) is 16.1 Å². The predicted molar refractivity (Wildman–Crippen MR) is 115 cm³/mol. The highest BCUT2D eigenvalue weighted by Crippen LogP contribution is 2.30. The zero-order valence-electron chi connectivity index (χ0n) is 16.4. The lowest BCUT2D eigenvalue weighted by molar-refractivity contribution is 0.102. The van der Waals surface area contributed by atoms with Crippen molar-refractivity contribution in [3.63, 3.8) is 0 Å². The molecule has 0 fully saturated rings. The zero-order chi connectivity index (χ0) is 21.5. The maximum atomic E-state index is 13.1. The average Bonchev–Trinajstić information content (AvgIpc) is 3.38. The molecule has 0 radical (unpaired) electrons. The summed E-state index contributed by atoms with van der Waals surface area (Å²) in [4.78, 5) is 18.6. The summed E-state index contributed by atoms with van der Waals surface area (Å²) >= 11 is 1.50. The second-order valence-electron chi connectivity index (χ2n) is 6.75. The molecule has 0 aliphatic carbocycles. The minimum absolute atomic E-state index is 0.0885. The van der Waals surface area contributed by atoms with Crippen molar-refractivity contribution in [3.8, 4) is 10.6 Å². The first kappa shape index (κ1) is 20.2. The number of hydrogen-bond acceptors (Lipinski definition) is 7. The van der Waals surface area contributed by atoms with Gasteiger partial charge >= 0.3 is 0 Å². The van der Waals surface area contributed by atoms with Crippen molar-refractivity contribution in [1.29, 1.82) is 0 Å². The quantitative estimate of drug-likeness (QED) is 0.504. The van der Waals surface area contributed by atoms with E-state index in [4.69, 9.17) is 4.52 Å². The lowest BCUT2D eigenvalue weighted by Gasteiger charge is -2.13. The van der Waals surface area contributed by atoms with Crippen molar-refractivity contribution >= 4 is 44.1 Å². The molecule has 4 rings (SSSR count). The van der Waals surface area contributed by atoms with Crippen LogP contribution in [0.3, 0.4) is 0 Å². The van der Waals surface area contributed by atoms with Crippen molar-refractivity contribution in [2.45, 2.75) is 11.8 Å². The van der Waals surface area contributed by atoms with Crippen molar-refractivity contribution in [1.82, 2.24) is 14.4 Å². The standard InChI is InChI=1S/C20H18N4O4S2/c1-12-18-15(11-16(17-8-5-9-29-17)22-20(18)28-23-12)19(25)21-13-6-4-7-14(10-13)30(26,27)24(2)3/h4-11H,1-3H3,(H,21,25). The van der Waals surface area contributed by atoms with Crippen molar-refractivity contribution < 1.29 is 17.7 Å². The van der Waals surface area contributed by atoms with Crippen LogP contribution in [0.25, 0.3) is 21.7 Å². The molecule has 3 aromatic heterocycles. The number of pyridine rings is 1. The molecular weight excluding hydrogens is 424 g/mol. The van der Waals surface area contributed by atoms with Crippen molar-refractivity contribution in [3.05, 3.63) is 59.1 Å². The van der Waals surface area contributed by atoms with Gasteiger partial charge in [0.25, 0.3) is 11.6 Å². The van der Waals surface area contributed by atoms with E-state index in [0.717, 1.165) is 9.18 Å². The smallest absolute Gasteiger partial charge is 0.259 e. The molecule has 0 unspecified atom stereocenters. The van der Waals surface area contributed by atoms with E-state index in [1.54, 1.807) is 25.1 Å². The fraction of sp³-hybridized carbons (Fsp3) is 0.150. The molecule has 1 amide bonds. The summed E-state index contributed by atoms with van der Waals surface area (Å²) < 4.78 is 31.2. The Hall–Kier alpha value is -3.08. The number of amides is 1. The van der Waals surface area contributed by atoms with Gasteiger partial charge in [0.15, 0.2) is 0 Å². The number of rotatable bonds is 5. The number of nitrogens with zero attached hydrogens (tertiary/aromatic N) is 3. The van der Waals surface area contributed by atoms with E-state index < -0.39 is 15.9 Å². The van der Waals surface area contributed by atoms with Crippen LogP contribution in [0.4, 0.5) is 5.69 Å². The van der Waals surface area contributed by atoms with Crippen LogP contribution in [-0.2, 0) is 10.0 Å². The summed E-state index contributed by atoms with van der Waals surface area (Å²) in [7, 11) is -0.713. The molecule has 0 bridgehead atoms. The van der Waals surface area contributed by atoms with Crippen LogP contribution in [0.5, 0.6) is 0 Å². The van der Waals surface area contributed by atoms with Gasteiger partial charge in [0.1, 0.15) is 0 Å². The lowest BCUT2D eigenvalue weighted by Crippen LogP contribution is -2.22. The number of aromatic nitrogens is 2. The molecule has 4 aromatic rings. The van der Waals surface area contributed by atoms with Gasteiger partial charge in [0.2, 0.25) is 10.0 Å². The fourth-order valence-electron chi connectivity index (χ4n) is 2.97. The van der Waals surface area contributed by atoms with Crippen LogP contribution in [-0.4, -0.2) is 42.9 Å². The maximum absolute atomic E-state index is 13.1. The van der Waals surface area contributed by atoms with Gasteiger partial charge in [-0.15, -0.1) is 11.3 Å². The minimum Gasteiger partial charge on any atom is -0.335 e. The molecule has 0 atom stereocenters. The lowest BCUT2D eigenvalue weighted by atomic mass is 10.1. The van der Waals surface area contributed by atoms with E-state index in [2.05, 4.69) is 15.5 Å². The molecular formula is C20H18N4O4S2. The predicted octanol–water partition coefficient (Wildman–Crippen LogP) is 3.76. The molecule has 0 saturated heterocycles. The Morgan fingerprint density at radius 2 is 1.97 bits per heavy atom. The first-order valence-electron chi connectivity index (χ1n) is 8.92. The van der Waals surface area contributed by atoms with Gasteiger partial charge in [-0.1, -0.05) is 17.3 Å². The second kappa shape index (κ2) is 7.63. The summed E-state index contributed by atoms with van der Waals surface area (Å²) in [5.74, 6) is -0.411. The molecule has 1 N–H and O–H groups in total. The third-order valence-corrected chi connectivity index (χ3v) is 7.21. The van der Waals surface area contributed by atoms with Crippen LogP contribution in [0.15, 0.2) is 57.3 Å². The first-order valence-corrected chi connectivity index (χ1v) is 11.2. The molecule has 0 aliphatic heterocycles. The highest BCUT2D eigenvalue weighted by Gasteiger charge is 2.21. The van der Waals surface area contributed by atoms with Gasteiger partial charge in [0.05, 0.1) is 32.1 Å². The van der Waals surface area contributed by atoms with E-state index in [1.165, 1.54) is 37.6 Å². The van der Waals surface area contributed by atoms with E-state index in [9.17, 15) is 13.2 Å². The molecule has 8 nitrogen and oxygen atoms in total. The summed E-state index contributed by atoms with van der Waals surface area (Å²) in [5.41, 5.74) is 2.13. The highest BCUT2D eigenvalue weighted by molar-refractivity contribution is 7.89. The number of benzene rings is 1. The largest absolute Gasteiger partial charge is 0.335 e. The third kappa shape index (κ3) is 3.60. The van der Waals surface area contributed by atoms with Crippen molar-refractivity contribution in [2.24, 2.45) is 0 Å². The highest BCUT2D eigenvalue weighted by atomic mass is 32.2. The van der Waals surface area contributed by atoms with E-state index >= 15 is 0 Å². The zero-order valence-corrected chi connectivity index (χ0v) is 18.0. The molecule has 10 heteroatoms. The Kier molecular flexibility index (Phi) is 5.14. The number of sulfonamides is 1. The Bertz CT molecular complexity index is 1340. The molecule has 3 heterocycles. The van der Waals surface area contributed by atoms with Gasteiger partial charge in [-0.25, -0.2) is 17.7 Å². The second-order valence-corrected chi connectivity index (χ2v) is 9.85. The van der Waals surface area contributed by atoms with E-state index in [-0.39, 0.29) is 10.6 Å². The summed E-state index contributed by atoms with van der Waals surface area (Å²) in [5, 5.41) is 9.15. The summed E-state index contributed by atoms with van der Waals surface area (Å²) in [6, 6.07) is 11.6. The van der Waals surface area contributed by atoms with Crippen LogP contribution < -0.4 is 5.32 Å². The van der Waals surface area contributed by atoms with Gasteiger partial charge < -0.3 is 9.84 Å². The van der Waals surface area contributed by atoms with Gasteiger partial charge in [-0.3, -0.25) is 4.79 Å². The topological polar surface area (TPSA) is 105 Å². The van der Waals surface area contributed by atoms with E-state index in [1.807, 2.05) is 17.5 Å². The number of aryl methyl sites for hydroxylation is 1. The van der Waals surface area contributed by atoms with Crippen LogP contribution in [0, 0.1) is 6.92 Å². The first-order chi connectivity index (χ1) is 14.3. The molecule has 0 spiro atoms. The SMILES string of the molecule is Cc1noc2nc(-c3cccs3)cc(C(=O)Nc3cccc(S(=O)(=O)N(C)C)c3)c12. The average molecular weight is 443 g/mol. The molecule has 154 valence electrons. The van der Waals surface area contributed by atoms with Gasteiger partial charge in [-0.05, 0) is 42.6 Å². The molecule has 1 aromatic carbocycles. The monoisotopic (exact) mass is 442 g/mol. The number of nitrogens with one attached hydrogen (secondary N) is 1. The van der Waals surface area contributed by atoms with Crippen LogP contribution in [0.2, 0.25) is 0 Å². The molecule has 0 saturated carbocycles. The number of hydrogen-bond donors (Lipinski definition) is 1. The summed E-state index contributed by atoms with van der Waals surface area (Å²) in [6.45, 7) is 1.74. The Labute approximate surface area is 177 Å². The number of thiophene rings is 1. The Balaban J connectivity index is 1.75. The van der Waals surface area contributed by atoms with E-state index in [0.29, 0.717) is 28.0 Å². The van der Waals surface area contributed by atoms with Crippen molar-refractivity contribution in [2.75, 3.05) is 19.4 Å². The molecule has 30 heavy (non-hydrogen) atoms. The number of fused-ring (bicyclic) bond motifs is 1. The third-order valence-electron chi connectivity index (χ3n) is 4.51. The summed E-state index contributed by atoms with van der Waals surface area (Å²) in [6.07, 6.45) is 0. The maximum Gasteiger partial charge on any atom is 0.259 e. The Morgan fingerprint density at radius 1 is 1.17 bits per heavy atom.